The Morgan fingerprint density at radius 3 is 2.27 bits per heavy atom. The molecule has 0 aromatic heterocycles. The monoisotopic (exact) mass is 209 g/mol. The largest absolute Gasteiger partial charge is 0.393 e. The molecule has 15 heavy (non-hydrogen) atoms. The summed E-state index contributed by atoms with van der Waals surface area (Å²) in [5.41, 5.74) is 0.505. The summed E-state index contributed by atoms with van der Waals surface area (Å²) < 4.78 is 0. The third-order valence-electron chi connectivity index (χ3n) is 4.55. The molecule has 1 saturated heterocycles. The Morgan fingerprint density at radius 2 is 1.73 bits per heavy atom. The summed E-state index contributed by atoms with van der Waals surface area (Å²) in [6.45, 7) is 1.95. The molecule has 0 atom stereocenters. The van der Waals surface area contributed by atoms with Crippen molar-refractivity contribution in [2.24, 2.45) is 5.41 Å². The first-order chi connectivity index (χ1) is 7.17. The maximum Gasteiger partial charge on any atom is 0.135 e. The molecule has 0 radical (unpaired) electrons. The van der Waals surface area contributed by atoms with Gasteiger partial charge in [0.05, 0.1) is 6.10 Å². The number of likely N-dealkylation sites (tertiary alicyclic amines) is 1. The van der Waals surface area contributed by atoms with Crippen LogP contribution in [0.25, 0.3) is 0 Å². The van der Waals surface area contributed by atoms with Gasteiger partial charge in [-0.05, 0) is 31.1 Å². The first-order valence-electron chi connectivity index (χ1n) is 6.11. The lowest BCUT2D eigenvalue weighted by atomic mass is 9.52. The Balaban J connectivity index is 1.49. The number of ketones is 1. The zero-order valence-corrected chi connectivity index (χ0v) is 9.11. The fourth-order valence-corrected chi connectivity index (χ4v) is 3.61. The van der Waals surface area contributed by atoms with Crippen LogP contribution in [-0.2, 0) is 4.79 Å². The van der Waals surface area contributed by atoms with Crippen LogP contribution in [0.5, 0.6) is 0 Å². The first-order valence-corrected chi connectivity index (χ1v) is 6.11. The summed E-state index contributed by atoms with van der Waals surface area (Å²) in [5, 5.41) is 9.32. The van der Waals surface area contributed by atoms with Crippen LogP contribution in [0.1, 0.15) is 38.5 Å². The van der Waals surface area contributed by atoms with Crippen LogP contribution in [0.4, 0.5) is 0 Å². The molecule has 3 heteroatoms. The van der Waals surface area contributed by atoms with Gasteiger partial charge in [-0.3, -0.25) is 9.69 Å². The molecule has 3 aliphatic rings. The summed E-state index contributed by atoms with van der Waals surface area (Å²) >= 11 is 0. The number of carbonyl (C=O) groups is 1. The van der Waals surface area contributed by atoms with Gasteiger partial charge in [0.25, 0.3) is 0 Å². The van der Waals surface area contributed by atoms with Crippen LogP contribution in [0.2, 0.25) is 0 Å². The maximum atomic E-state index is 11.1. The summed E-state index contributed by atoms with van der Waals surface area (Å²) in [6, 6.07) is 0.714. The second-order valence-corrected chi connectivity index (χ2v) is 5.70. The number of carbonyl (C=O) groups excluding carboxylic acids is 1. The Morgan fingerprint density at radius 1 is 1.13 bits per heavy atom. The van der Waals surface area contributed by atoms with E-state index in [0.717, 1.165) is 38.8 Å². The van der Waals surface area contributed by atoms with Gasteiger partial charge < -0.3 is 5.11 Å². The van der Waals surface area contributed by atoms with E-state index in [4.69, 9.17) is 0 Å². The van der Waals surface area contributed by atoms with E-state index < -0.39 is 0 Å². The van der Waals surface area contributed by atoms with Crippen LogP contribution in [0, 0.1) is 5.41 Å². The Bertz CT molecular complexity index is 265. The van der Waals surface area contributed by atoms with Crippen LogP contribution in [-0.4, -0.2) is 41.0 Å². The number of nitrogens with zero attached hydrogens (tertiary/aromatic N) is 1. The Kier molecular flexibility index (Phi) is 2.15. The molecule has 0 amide bonds. The van der Waals surface area contributed by atoms with Gasteiger partial charge in [-0.1, -0.05) is 0 Å². The molecule has 2 aliphatic carbocycles. The number of rotatable bonds is 1. The number of piperidine rings is 1. The molecule has 84 valence electrons. The van der Waals surface area contributed by atoms with Crippen molar-refractivity contribution in [3.05, 3.63) is 0 Å². The molecule has 0 unspecified atom stereocenters. The quantitative estimate of drug-likeness (QED) is 0.699. The number of hydrogen-bond acceptors (Lipinski definition) is 3. The van der Waals surface area contributed by atoms with Crippen molar-refractivity contribution in [3.63, 3.8) is 0 Å². The molecule has 1 spiro atoms. The van der Waals surface area contributed by atoms with Gasteiger partial charge in [-0.2, -0.15) is 0 Å². The van der Waals surface area contributed by atoms with E-state index in [1.165, 1.54) is 12.8 Å². The van der Waals surface area contributed by atoms with Gasteiger partial charge in [0.2, 0.25) is 0 Å². The van der Waals surface area contributed by atoms with E-state index in [1.807, 2.05) is 0 Å². The van der Waals surface area contributed by atoms with Crippen LogP contribution in [0.15, 0.2) is 0 Å². The minimum atomic E-state index is -0.0196. The van der Waals surface area contributed by atoms with E-state index in [-0.39, 0.29) is 6.10 Å². The van der Waals surface area contributed by atoms with Crippen molar-refractivity contribution in [1.82, 2.24) is 4.90 Å². The standard InChI is InChI=1S/C12H19NO2/c14-10-1-3-13(4-2-10)9-5-12(6-9)7-11(15)8-12/h9,11,15H,1-8H2. The van der Waals surface area contributed by atoms with Crippen LogP contribution in [0.3, 0.4) is 0 Å². The molecule has 0 aromatic carbocycles. The van der Waals surface area contributed by atoms with Crippen molar-refractivity contribution in [3.8, 4) is 0 Å². The van der Waals surface area contributed by atoms with Gasteiger partial charge in [0.1, 0.15) is 5.78 Å². The van der Waals surface area contributed by atoms with Crippen LogP contribution >= 0.6 is 0 Å². The molecule has 3 nitrogen and oxygen atoms in total. The minimum Gasteiger partial charge on any atom is -0.393 e. The fraction of sp³-hybridized carbons (Fsp3) is 0.917. The van der Waals surface area contributed by atoms with Gasteiger partial charge in [-0.15, -0.1) is 0 Å². The molecular weight excluding hydrogens is 190 g/mol. The van der Waals surface area contributed by atoms with Crippen molar-refractivity contribution >= 4 is 5.78 Å². The zero-order valence-electron chi connectivity index (χ0n) is 9.11. The highest BCUT2D eigenvalue weighted by Crippen LogP contribution is 2.57. The summed E-state index contributed by atoms with van der Waals surface area (Å²) in [4.78, 5) is 13.6. The number of aliphatic hydroxyl groups is 1. The summed E-state index contributed by atoms with van der Waals surface area (Å²) in [7, 11) is 0. The highest BCUT2D eigenvalue weighted by molar-refractivity contribution is 5.79. The molecule has 1 heterocycles. The smallest absolute Gasteiger partial charge is 0.135 e. The minimum absolute atomic E-state index is 0.0196. The fourth-order valence-electron chi connectivity index (χ4n) is 3.61. The molecular formula is C12H19NO2. The van der Waals surface area contributed by atoms with E-state index in [9.17, 15) is 9.90 Å². The third-order valence-corrected chi connectivity index (χ3v) is 4.55. The number of hydrogen-bond donors (Lipinski definition) is 1. The summed E-state index contributed by atoms with van der Waals surface area (Å²) in [6.07, 6.45) is 6.07. The average Bonchev–Trinajstić information content (AvgIpc) is 2.11. The van der Waals surface area contributed by atoms with Gasteiger partial charge >= 0.3 is 0 Å². The summed E-state index contributed by atoms with van der Waals surface area (Å²) in [5.74, 6) is 0.430. The molecule has 1 aliphatic heterocycles. The zero-order chi connectivity index (χ0) is 10.5. The van der Waals surface area contributed by atoms with E-state index >= 15 is 0 Å². The predicted molar refractivity (Wildman–Crippen MR) is 56.5 cm³/mol. The van der Waals surface area contributed by atoms with E-state index in [1.54, 1.807) is 0 Å². The predicted octanol–water partition coefficient (Wildman–Crippen LogP) is 0.955. The van der Waals surface area contributed by atoms with Crippen molar-refractivity contribution in [2.45, 2.75) is 50.7 Å². The lowest BCUT2D eigenvalue weighted by molar-refractivity contribution is -0.133. The molecule has 3 rings (SSSR count). The maximum absolute atomic E-state index is 11.1. The lowest BCUT2D eigenvalue weighted by Crippen LogP contribution is -2.58. The normalized spacial score (nSPS) is 46.3. The van der Waals surface area contributed by atoms with E-state index in [2.05, 4.69) is 4.90 Å². The highest BCUT2D eigenvalue weighted by atomic mass is 16.3. The molecule has 0 aromatic rings. The van der Waals surface area contributed by atoms with Gasteiger partial charge in [-0.25, -0.2) is 0 Å². The van der Waals surface area contributed by atoms with Crippen molar-refractivity contribution in [2.75, 3.05) is 13.1 Å². The second kappa shape index (κ2) is 3.29. The second-order valence-electron chi connectivity index (χ2n) is 5.70. The number of Topliss-reactive ketones (excluding diaryl/α,β-unsaturated/α-hetero) is 1. The topological polar surface area (TPSA) is 40.5 Å². The lowest BCUT2D eigenvalue weighted by Gasteiger charge is -2.59. The molecule has 3 fully saturated rings. The first kappa shape index (κ1) is 9.79. The average molecular weight is 209 g/mol. The van der Waals surface area contributed by atoms with Crippen LogP contribution < -0.4 is 0 Å². The van der Waals surface area contributed by atoms with Crippen molar-refractivity contribution in [1.29, 1.82) is 0 Å². The number of aliphatic hydroxyl groups excluding tert-OH is 1. The Hall–Kier alpha value is -0.410. The molecule has 0 bridgehead atoms. The van der Waals surface area contributed by atoms with Gasteiger partial charge in [0, 0.05) is 32.0 Å². The van der Waals surface area contributed by atoms with Gasteiger partial charge in [0.15, 0.2) is 0 Å². The molecule has 2 saturated carbocycles. The van der Waals surface area contributed by atoms with E-state index in [0.29, 0.717) is 17.2 Å². The highest BCUT2D eigenvalue weighted by Gasteiger charge is 2.53. The Labute approximate surface area is 90.5 Å². The SMILES string of the molecule is O=C1CCN(C2CC3(CC(O)C3)C2)CC1. The van der Waals surface area contributed by atoms with Crippen molar-refractivity contribution < 1.29 is 9.90 Å². The third kappa shape index (κ3) is 1.62. The molecule has 1 N–H and O–H groups in total.